The molecule has 1 rings (SSSR count). The summed E-state index contributed by atoms with van der Waals surface area (Å²) in [6.45, 7) is 5.43. The van der Waals surface area contributed by atoms with Crippen molar-refractivity contribution in [1.82, 2.24) is 10.6 Å². The third-order valence-electron chi connectivity index (χ3n) is 1.87. The number of rotatable bonds is 5. The fraction of sp³-hybridized carbons (Fsp3) is 1.00. The van der Waals surface area contributed by atoms with E-state index in [0.717, 1.165) is 12.6 Å². The Kier molecular flexibility index (Phi) is 3.16. The molecule has 1 fully saturated rings. The fourth-order valence-electron chi connectivity index (χ4n) is 1.10. The molecule has 0 aromatic carbocycles. The van der Waals surface area contributed by atoms with Crippen molar-refractivity contribution in [2.75, 3.05) is 6.54 Å². The Labute approximate surface area is 63.4 Å². The minimum Gasteiger partial charge on any atom is -0.302 e. The lowest BCUT2D eigenvalue weighted by Crippen LogP contribution is -2.42. The molecular weight excluding hydrogens is 124 g/mol. The summed E-state index contributed by atoms with van der Waals surface area (Å²) < 4.78 is 0. The Morgan fingerprint density at radius 1 is 1.40 bits per heavy atom. The molecule has 2 heteroatoms. The van der Waals surface area contributed by atoms with Gasteiger partial charge in [0.05, 0.1) is 6.17 Å². The van der Waals surface area contributed by atoms with E-state index in [2.05, 4.69) is 24.5 Å². The average Bonchev–Trinajstić information content (AvgIpc) is 2.71. The second-order valence-electron chi connectivity index (χ2n) is 2.96. The van der Waals surface area contributed by atoms with Gasteiger partial charge in [0, 0.05) is 6.04 Å². The number of hydrogen-bond donors (Lipinski definition) is 2. The second-order valence-corrected chi connectivity index (χ2v) is 2.96. The molecule has 0 saturated heterocycles. The van der Waals surface area contributed by atoms with Crippen molar-refractivity contribution in [3.8, 4) is 0 Å². The molecule has 10 heavy (non-hydrogen) atoms. The largest absolute Gasteiger partial charge is 0.302 e. The van der Waals surface area contributed by atoms with Crippen LogP contribution in [0.3, 0.4) is 0 Å². The Balaban J connectivity index is 2.05. The lowest BCUT2D eigenvalue weighted by atomic mass is 10.3. The summed E-state index contributed by atoms with van der Waals surface area (Å²) in [5.41, 5.74) is 0. The van der Waals surface area contributed by atoms with E-state index in [1.165, 1.54) is 19.3 Å². The molecule has 2 nitrogen and oxygen atoms in total. The monoisotopic (exact) mass is 142 g/mol. The third kappa shape index (κ3) is 2.67. The van der Waals surface area contributed by atoms with Gasteiger partial charge in [-0.2, -0.15) is 0 Å². The van der Waals surface area contributed by atoms with Crippen LogP contribution in [0.5, 0.6) is 0 Å². The Morgan fingerprint density at radius 2 is 2.10 bits per heavy atom. The van der Waals surface area contributed by atoms with Crippen LogP contribution in [0.1, 0.15) is 33.1 Å². The number of nitrogens with one attached hydrogen (secondary N) is 2. The summed E-state index contributed by atoms with van der Waals surface area (Å²) in [5.74, 6) is 0. The van der Waals surface area contributed by atoms with Gasteiger partial charge in [0.15, 0.2) is 0 Å². The van der Waals surface area contributed by atoms with E-state index in [0.29, 0.717) is 6.17 Å². The van der Waals surface area contributed by atoms with E-state index in [1.54, 1.807) is 0 Å². The van der Waals surface area contributed by atoms with E-state index in [4.69, 9.17) is 0 Å². The van der Waals surface area contributed by atoms with Gasteiger partial charge in [0.1, 0.15) is 0 Å². The molecule has 60 valence electrons. The lowest BCUT2D eigenvalue weighted by Gasteiger charge is -2.16. The predicted molar refractivity (Wildman–Crippen MR) is 43.9 cm³/mol. The molecule has 1 atom stereocenters. The molecule has 0 aromatic heterocycles. The lowest BCUT2D eigenvalue weighted by molar-refractivity contribution is 0.420. The highest BCUT2D eigenvalue weighted by Crippen LogP contribution is 2.19. The van der Waals surface area contributed by atoms with Crippen molar-refractivity contribution in [3.05, 3.63) is 0 Å². The summed E-state index contributed by atoms with van der Waals surface area (Å²) in [6.07, 6.45) is 4.49. The van der Waals surface area contributed by atoms with Crippen LogP contribution in [0.25, 0.3) is 0 Å². The first-order chi connectivity index (χ1) is 4.86. The Morgan fingerprint density at radius 3 is 2.50 bits per heavy atom. The third-order valence-corrected chi connectivity index (χ3v) is 1.87. The van der Waals surface area contributed by atoms with E-state index in [-0.39, 0.29) is 0 Å². The minimum absolute atomic E-state index is 0.553. The van der Waals surface area contributed by atoms with Gasteiger partial charge in [-0.05, 0) is 25.8 Å². The van der Waals surface area contributed by atoms with Gasteiger partial charge in [0.25, 0.3) is 0 Å². The van der Waals surface area contributed by atoms with Crippen molar-refractivity contribution in [2.45, 2.75) is 45.3 Å². The maximum Gasteiger partial charge on any atom is 0.0571 e. The quantitative estimate of drug-likeness (QED) is 0.561. The maximum absolute atomic E-state index is 3.53. The van der Waals surface area contributed by atoms with Crippen molar-refractivity contribution >= 4 is 0 Å². The van der Waals surface area contributed by atoms with Gasteiger partial charge in [-0.15, -0.1) is 0 Å². The molecule has 1 aliphatic rings. The van der Waals surface area contributed by atoms with Crippen molar-refractivity contribution in [1.29, 1.82) is 0 Å². The number of hydrogen-bond acceptors (Lipinski definition) is 2. The summed E-state index contributed by atoms with van der Waals surface area (Å²) in [7, 11) is 0. The van der Waals surface area contributed by atoms with Crippen molar-refractivity contribution < 1.29 is 0 Å². The SMILES string of the molecule is CCNC(CC)NC1CC1. The minimum atomic E-state index is 0.553. The van der Waals surface area contributed by atoms with E-state index < -0.39 is 0 Å². The standard InChI is InChI=1S/C8H18N2/c1-3-8(9-4-2)10-7-5-6-7/h7-10H,3-6H2,1-2H3. The van der Waals surface area contributed by atoms with E-state index in [9.17, 15) is 0 Å². The highest BCUT2D eigenvalue weighted by molar-refractivity contribution is 4.83. The molecule has 0 heterocycles. The maximum atomic E-state index is 3.53. The van der Waals surface area contributed by atoms with Crippen LogP contribution in [-0.2, 0) is 0 Å². The van der Waals surface area contributed by atoms with Crippen LogP contribution >= 0.6 is 0 Å². The van der Waals surface area contributed by atoms with Gasteiger partial charge >= 0.3 is 0 Å². The molecule has 2 N–H and O–H groups in total. The highest BCUT2D eigenvalue weighted by Gasteiger charge is 2.22. The second kappa shape index (κ2) is 3.94. The molecule has 1 unspecified atom stereocenters. The molecule has 1 saturated carbocycles. The van der Waals surface area contributed by atoms with Crippen molar-refractivity contribution in [3.63, 3.8) is 0 Å². The van der Waals surface area contributed by atoms with Crippen LogP contribution < -0.4 is 10.6 Å². The summed E-state index contributed by atoms with van der Waals surface area (Å²) >= 11 is 0. The summed E-state index contributed by atoms with van der Waals surface area (Å²) in [5, 5.41) is 6.92. The summed E-state index contributed by atoms with van der Waals surface area (Å²) in [6, 6.07) is 0.823. The van der Waals surface area contributed by atoms with E-state index >= 15 is 0 Å². The molecule has 0 bridgehead atoms. The first kappa shape index (κ1) is 8.02. The van der Waals surface area contributed by atoms with Gasteiger partial charge in [-0.3, -0.25) is 5.32 Å². The molecule has 1 aliphatic carbocycles. The summed E-state index contributed by atoms with van der Waals surface area (Å²) in [4.78, 5) is 0. The normalized spacial score (nSPS) is 21.0. The molecule has 0 spiro atoms. The van der Waals surface area contributed by atoms with Crippen LogP contribution in [0, 0.1) is 0 Å². The molecule has 0 aliphatic heterocycles. The average molecular weight is 142 g/mol. The smallest absolute Gasteiger partial charge is 0.0571 e. The molecule has 0 radical (unpaired) electrons. The van der Waals surface area contributed by atoms with Crippen LogP contribution in [-0.4, -0.2) is 18.8 Å². The van der Waals surface area contributed by atoms with Crippen LogP contribution in [0.15, 0.2) is 0 Å². The zero-order chi connectivity index (χ0) is 7.40. The molecular formula is C8H18N2. The highest BCUT2D eigenvalue weighted by atomic mass is 15.1. The van der Waals surface area contributed by atoms with Crippen LogP contribution in [0.4, 0.5) is 0 Å². The Hall–Kier alpha value is -0.0800. The van der Waals surface area contributed by atoms with Gasteiger partial charge in [0.2, 0.25) is 0 Å². The first-order valence-electron chi connectivity index (χ1n) is 4.36. The van der Waals surface area contributed by atoms with Crippen LogP contribution in [0.2, 0.25) is 0 Å². The predicted octanol–water partition coefficient (Wildman–Crippen LogP) is 1.08. The van der Waals surface area contributed by atoms with Gasteiger partial charge < -0.3 is 5.32 Å². The zero-order valence-electron chi connectivity index (χ0n) is 6.98. The van der Waals surface area contributed by atoms with E-state index in [1.807, 2.05) is 0 Å². The molecule has 0 aromatic rings. The zero-order valence-corrected chi connectivity index (χ0v) is 6.98. The topological polar surface area (TPSA) is 24.1 Å². The van der Waals surface area contributed by atoms with Gasteiger partial charge in [-0.25, -0.2) is 0 Å². The van der Waals surface area contributed by atoms with Gasteiger partial charge in [-0.1, -0.05) is 13.8 Å². The fourth-order valence-corrected chi connectivity index (χ4v) is 1.10. The van der Waals surface area contributed by atoms with Crippen molar-refractivity contribution in [2.24, 2.45) is 0 Å². The molecule has 0 amide bonds. The Bertz CT molecular complexity index is 89.3. The first-order valence-corrected chi connectivity index (χ1v) is 4.36.